The van der Waals surface area contributed by atoms with E-state index in [4.69, 9.17) is 5.73 Å². The number of unbranched alkanes of at least 4 members (excludes halogenated alkanes) is 13. The molecule has 0 amide bonds. The molecule has 0 aliphatic rings. The van der Waals surface area contributed by atoms with Crippen LogP contribution in [-0.4, -0.2) is 161 Å². The van der Waals surface area contributed by atoms with Crippen molar-refractivity contribution < 1.29 is 0 Å². The molecule has 0 saturated heterocycles. The van der Waals surface area contributed by atoms with Crippen LogP contribution in [0.15, 0.2) is 0 Å². The van der Waals surface area contributed by atoms with Crippen molar-refractivity contribution in [2.75, 3.05) is 6.54 Å². The van der Waals surface area contributed by atoms with Gasteiger partial charge in [0.25, 0.3) is 0 Å². The van der Waals surface area contributed by atoms with E-state index in [9.17, 15) is 0 Å². The molecule has 0 radical (unpaired) electrons. The number of hydrogen-bond donors (Lipinski definition) is 1. The Kier molecular flexibility index (Phi) is 51.4. The third kappa shape index (κ3) is 30.7. The first-order valence-electron chi connectivity index (χ1n) is 8.12. The molecule has 20 heavy (non-hydrogen) atoms. The summed E-state index contributed by atoms with van der Waals surface area (Å²) in [4.78, 5) is 0. The van der Waals surface area contributed by atoms with E-state index in [1.807, 2.05) is 0 Å². The van der Waals surface area contributed by atoms with Gasteiger partial charge in [0.2, 0.25) is 0 Å². The van der Waals surface area contributed by atoms with Crippen molar-refractivity contribution >= 4 is 154 Å². The molecule has 0 aliphatic heterocycles. The third-order valence-corrected chi connectivity index (χ3v) is 3.56. The van der Waals surface area contributed by atoms with Crippen molar-refractivity contribution in [2.45, 2.75) is 96.8 Å². The molecule has 0 rings (SSSR count). The molecule has 0 aromatic rings. The Labute approximate surface area is 256 Å². The fraction of sp³-hybridized carbons (Fsp3) is 1.00. The summed E-state index contributed by atoms with van der Waals surface area (Å²) < 4.78 is 0. The Hall–Kier alpha value is 4.87. The first-order valence-corrected chi connectivity index (χ1v) is 8.12. The normalized spacial score (nSPS) is 9.30. The van der Waals surface area contributed by atoms with E-state index < -0.39 is 0 Å². The quantitative estimate of drug-likeness (QED) is 0.372. The predicted molar refractivity (Wildman–Crippen MR) is 101 cm³/mol. The summed E-state index contributed by atoms with van der Waals surface area (Å²) in [7, 11) is 0. The number of hydrogen-bond acceptors (Lipinski definition) is 1. The zero-order valence-electron chi connectivity index (χ0n) is 12.2. The van der Waals surface area contributed by atoms with Crippen LogP contribution in [0.4, 0.5) is 0 Å². The van der Waals surface area contributed by atoms with Crippen molar-refractivity contribution in [2.24, 2.45) is 5.73 Å². The molecule has 0 bridgehead atoms. The second kappa shape index (κ2) is 31.6. The molecule has 2 N–H and O–H groups in total. The van der Waals surface area contributed by atoms with Gasteiger partial charge in [0.1, 0.15) is 0 Å². The van der Waals surface area contributed by atoms with Crippen LogP contribution in [0, 0.1) is 0 Å². The van der Waals surface area contributed by atoms with Crippen LogP contribution in [0.1, 0.15) is 96.8 Å². The molecular weight excluding hydrogens is 323 g/mol. The molecule has 0 fully saturated rings. The monoisotopic (exact) mass is 361 g/mol. The van der Waals surface area contributed by atoms with Crippen LogP contribution >= 0.6 is 0 Å². The van der Waals surface area contributed by atoms with Crippen molar-refractivity contribution in [3.63, 3.8) is 0 Å². The van der Waals surface area contributed by atoms with Crippen LogP contribution in [0.5, 0.6) is 0 Å². The summed E-state index contributed by atoms with van der Waals surface area (Å²) >= 11 is 0. The molecule has 1 nitrogen and oxygen atoms in total. The van der Waals surface area contributed by atoms with Crippen LogP contribution in [0.2, 0.25) is 0 Å². The Morgan fingerprint density at radius 2 is 0.700 bits per heavy atom. The molecule has 110 valence electrons. The molecule has 0 aromatic carbocycles. The molecule has 0 heterocycles. The van der Waals surface area contributed by atoms with E-state index >= 15 is 0 Å². The Bertz CT molecular complexity index is 121. The van der Waals surface area contributed by atoms with Gasteiger partial charge in [0, 0.05) is 0 Å². The van der Waals surface area contributed by atoms with E-state index in [0.29, 0.717) is 0 Å². The van der Waals surface area contributed by atoms with Crippen LogP contribution in [0.25, 0.3) is 0 Å². The van der Waals surface area contributed by atoms with Crippen molar-refractivity contribution in [3.8, 4) is 0 Å². The zero-order valence-corrected chi connectivity index (χ0v) is 12.2. The second-order valence-corrected chi connectivity index (χ2v) is 5.38. The van der Waals surface area contributed by atoms with Gasteiger partial charge in [-0.1, -0.05) is 90.4 Å². The standard InChI is InChI=1S/C16H35N.3K.3H/c1-2-3-4-5-6-7-8-9-10-11-12-13-14-15-16-17;;;;;;/h2-17H2,1H3;;;;;;. The van der Waals surface area contributed by atoms with Gasteiger partial charge in [0.05, 0.1) is 0 Å². The minimum atomic E-state index is 0. The SMILES string of the molecule is CCCCCCCCCCCCCCCCN.[KH].[KH].[KH]. The summed E-state index contributed by atoms with van der Waals surface area (Å²) in [6.45, 7) is 3.16. The zero-order chi connectivity index (χ0) is 12.6. The van der Waals surface area contributed by atoms with Gasteiger partial charge in [0.15, 0.2) is 0 Å². The topological polar surface area (TPSA) is 26.0 Å². The van der Waals surface area contributed by atoms with Gasteiger partial charge >= 0.3 is 154 Å². The molecule has 0 spiro atoms. The Morgan fingerprint density at radius 1 is 0.450 bits per heavy atom. The van der Waals surface area contributed by atoms with Crippen LogP contribution < -0.4 is 5.73 Å². The van der Waals surface area contributed by atoms with Crippen LogP contribution in [0.3, 0.4) is 0 Å². The average Bonchev–Trinajstić information content (AvgIpc) is 2.35. The second-order valence-electron chi connectivity index (χ2n) is 5.38. The molecule has 0 aliphatic carbocycles. The molecule has 0 unspecified atom stereocenters. The van der Waals surface area contributed by atoms with Crippen molar-refractivity contribution in [3.05, 3.63) is 0 Å². The van der Waals surface area contributed by atoms with E-state index in [0.717, 1.165) is 6.54 Å². The van der Waals surface area contributed by atoms with Gasteiger partial charge < -0.3 is 5.73 Å². The van der Waals surface area contributed by atoms with Crippen LogP contribution in [-0.2, 0) is 0 Å². The van der Waals surface area contributed by atoms with Gasteiger partial charge in [-0.05, 0) is 13.0 Å². The molecule has 0 atom stereocenters. The van der Waals surface area contributed by atoms with Crippen molar-refractivity contribution in [1.82, 2.24) is 0 Å². The molecular formula is C16H38K3N. The first kappa shape index (κ1) is 32.5. The number of nitrogens with two attached hydrogens (primary N) is 1. The summed E-state index contributed by atoms with van der Waals surface area (Å²) in [5.41, 5.74) is 5.47. The van der Waals surface area contributed by atoms with E-state index in [1.54, 1.807) is 0 Å². The molecule has 0 saturated carbocycles. The fourth-order valence-electron chi connectivity index (χ4n) is 2.34. The number of rotatable bonds is 14. The predicted octanol–water partition coefficient (Wildman–Crippen LogP) is 3.48. The maximum atomic E-state index is 5.47. The van der Waals surface area contributed by atoms with E-state index in [-0.39, 0.29) is 154 Å². The summed E-state index contributed by atoms with van der Waals surface area (Å²) in [6, 6.07) is 0. The minimum absolute atomic E-state index is 0. The summed E-state index contributed by atoms with van der Waals surface area (Å²) in [5, 5.41) is 0. The van der Waals surface area contributed by atoms with E-state index in [2.05, 4.69) is 6.92 Å². The fourth-order valence-corrected chi connectivity index (χ4v) is 2.34. The van der Waals surface area contributed by atoms with Crippen molar-refractivity contribution in [1.29, 1.82) is 0 Å². The third-order valence-electron chi connectivity index (χ3n) is 3.56. The van der Waals surface area contributed by atoms with Gasteiger partial charge in [-0.2, -0.15) is 0 Å². The van der Waals surface area contributed by atoms with E-state index in [1.165, 1.54) is 89.9 Å². The molecule has 0 aromatic heterocycles. The summed E-state index contributed by atoms with van der Waals surface area (Å²) in [5.74, 6) is 0. The summed E-state index contributed by atoms with van der Waals surface area (Å²) in [6.07, 6.45) is 19.9. The maximum absolute atomic E-state index is 5.47. The average molecular weight is 362 g/mol. The van der Waals surface area contributed by atoms with Gasteiger partial charge in [-0.3, -0.25) is 0 Å². The Morgan fingerprint density at radius 3 is 0.950 bits per heavy atom. The van der Waals surface area contributed by atoms with Gasteiger partial charge in [-0.25, -0.2) is 0 Å². The Balaban J connectivity index is -0.000000427. The first-order chi connectivity index (χ1) is 8.41. The molecule has 4 heteroatoms. The van der Waals surface area contributed by atoms with Gasteiger partial charge in [-0.15, -0.1) is 0 Å².